The maximum atomic E-state index is 13.6. The Balaban J connectivity index is 1.63. The number of aliphatic carboxylic acids is 1. The largest absolute Gasteiger partial charge is 0.480 e. The minimum absolute atomic E-state index is 0.278. The van der Waals surface area contributed by atoms with E-state index in [4.69, 9.17) is 0 Å². The maximum Gasteiger partial charge on any atom is 0.392 e. The summed E-state index contributed by atoms with van der Waals surface area (Å²) < 4.78 is 40.9. The number of hydrogen-bond donors (Lipinski definition) is 1. The lowest BCUT2D eigenvalue weighted by Crippen LogP contribution is -2.66. The number of rotatable bonds is 8. The number of imide groups is 1. The number of carboxylic acids is 1. The lowest BCUT2D eigenvalue weighted by Gasteiger charge is -2.44. The predicted molar refractivity (Wildman–Crippen MR) is 107 cm³/mol. The molecule has 1 aliphatic heterocycles. The van der Waals surface area contributed by atoms with Gasteiger partial charge in [-0.1, -0.05) is 49.6 Å². The number of alkyl halides is 3. The summed E-state index contributed by atoms with van der Waals surface area (Å²) in [7, 11) is 0. The molecule has 1 aromatic rings. The average molecular weight is 439 g/mol. The fraction of sp³-hybridized carbons (Fsp3) is 0.609. The second-order valence-electron chi connectivity index (χ2n) is 8.62. The maximum absolute atomic E-state index is 13.6. The van der Waals surface area contributed by atoms with E-state index in [2.05, 4.69) is 0 Å². The molecule has 2 amide bonds. The number of carbonyl (C=O) groups is 3. The SMILES string of the molecule is O=C(O)[C@@H]1[C@@H](CCCc2ccccc2)C(=O)N1C(=O)C[C@@H](C1CCCCC1)C(F)(F)F. The van der Waals surface area contributed by atoms with Gasteiger partial charge >= 0.3 is 12.1 Å². The van der Waals surface area contributed by atoms with Crippen LogP contribution in [0.3, 0.4) is 0 Å². The Morgan fingerprint density at radius 3 is 2.32 bits per heavy atom. The van der Waals surface area contributed by atoms with Crippen LogP contribution in [0, 0.1) is 17.8 Å². The molecule has 1 aromatic carbocycles. The van der Waals surface area contributed by atoms with Gasteiger partial charge in [0.05, 0.1) is 11.8 Å². The number of β-lactam (4-membered cyclic amide) rings is 1. The lowest BCUT2D eigenvalue weighted by atomic mass is 9.77. The number of likely N-dealkylation sites (tertiary alicyclic amines) is 1. The Morgan fingerprint density at radius 2 is 1.74 bits per heavy atom. The van der Waals surface area contributed by atoms with Crippen LogP contribution in [0.2, 0.25) is 0 Å². The molecule has 2 fully saturated rings. The Morgan fingerprint density at radius 1 is 1.10 bits per heavy atom. The standard InChI is InChI=1S/C23H28F3NO4/c24-23(25,26)18(16-11-5-2-6-12-16)14-19(28)27-20(22(30)31)17(21(27)29)13-7-10-15-8-3-1-4-9-15/h1,3-4,8-9,16-18,20H,2,5-7,10-14H2,(H,30,31)/t17-,18+,20+/m1/s1. The van der Waals surface area contributed by atoms with Crippen LogP contribution in [0.1, 0.15) is 56.9 Å². The van der Waals surface area contributed by atoms with Gasteiger partial charge in [-0.3, -0.25) is 14.5 Å². The van der Waals surface area contributed by atoms with E-state index < -0.39 is 54.2 Å². The molecule has 2 aliphatic rings. The zero-order valence-corrected chi connectivity index (χ0v) is 17.3. The van der Waals surface area contributed by atoms with Gasteiger partial charge in [0.1, 0.15) is 6.04 Å². The first-order chi connectivity index (χ1) is 14.7. The molecule has 0 spiro atoms. The first-order valence-corrected chi connectivity index (χ1v) is 10.9. The summed E-state index contributed by atoms with van der Waals surface area (Å²) in [5, 5.41) is 9.53. The number of carboxylic acid groups (broad SMARTS) is 1. The van der Waals surface area contributed by atoms with E-state index in [0.717, 1.165) is 12.0 Å². The van der Waals surface area contributed by atoms with Gasteiger partial charge in [0.25, 0.3) is 0 Å². The molecule has 5 nitrogen and oxygen atoms in total. The molecular weight excluding hydrogens is 411 g/mol. The molecule has 0 radical (unpaired) electrons. The highest BCUT2D eigenvalue weighted by atomic mass is 19.4. The third-order valence-electron chi connectivity index (χ3n) is 6.59. The van der Waals surface area contributed by atoms with Crippen molar-refractivity contribution in [3.8, 4) is 0 Å². The molecule has 0 aromatic heterocycles. The van der Waals surface area contributed by atoms with Crippen LogP contribution >= 0.6 is 0 Å². The first kappa shape index (κ1) is 23.3. The van der Waals surface area contributed by atoms with E-state index >= 15 is 0 Å². The highest BCUT2D eigenvalue weighted by Crippen LogP contribution is 2.43. The molecular formula is C23H28F3NO4. The number of benzene rings is 1. The fourth-order valence-electron chi connectivity index (χ4n) is 4.93. The van der Waals surface area contributed by atoms with Gasteiger partial charge in [-0.25, -0.2) is 4.79 Å². The normalized spacial score (nSPS) is 23.3. The van der Waals surface area contributed by atoms with Crippen molar-refractivity contribution in [1.82, 2.24) is 4.90 Å². The van der Waals surface area contributed by atoms with Crippen molar-refractivity contribution < 1.29 is 32.7 Å². The molecule has 0 unspecified atom stereocenters. The molecule has 3 atom stereocenters. The summed E-state index contributed by atoms with van der Waals surface area (Å²) in [4.78, 5) is 37.4. The quantitative estimate of drug-likeness (QED) is 0.601. The van der Waals surface area contributed by atoms with Crippen molar-refractivity contribution in [2.24, 2.45) is 17.8 Å². The van der Waals surface area contributed by atoms with Crippen LogP contribution in [0.5, 0.6) is 0 Å². The van der Waals surface area contributed by atoms with Gasteiger partial charge in [-0.15, -0.1) is 0 Å². The van der Waals surface area contributed by atoms with E-state index in [-0.39, 0.29) is 6.42 Å². The Kier molecular flexibility index (Phi) is 7.38. The van der Waals surface area contributed by atoms with Gasteiger partial charge < -0.3 is 5.11 Å². The Hall–Kier alpha value is -2.38. The summed E-state index contributed by atoms with van der Waals surface area (Å²) in [5.41, 5.74) is 1.05. The first-order valence-electron chi connectivity index (χ1n) is 10.9. The van der Waals surface area contributed by atoms with Crippen LogP contribution in [0.15, 0.2) is 30.3 Å². The van der Waals surface area contributed by atoms with Gasteiger partial charge in [0.2, 0.25) is 11.8 Å². The molecule has 31 heavy (non-hydrogen) atoms. The van der Waals surface area contributed by atoms with Crippen LogP contribution in [-0.4, -0.2) is 40.0 Å². The zero-order chi connectivity index (χ0) is 22.6. The summed E-state index contributed by atoms with van der Waals surface area (Å²) in [6, 6.07) is 8.12. The Bertz CT molecular complexity index is 790. The molecule has 1 heterocycles. The molecule has 1 N–H and O–H groups in total. The third kappa shape index (κ3) is 5.46. The van der Waals surface area contributed by atoms with Crippen LogP contribution in [0.25, 0.3) is 0 Å². The number of carbonyl (C=O) groups excluding carboxylic acids is 2. The number of aryl methyl sites for hydroxylation is 1. The van der Waals surface area contributed by atoms with E-state index in [1.54, 1.807) is 0 Å². The van der Waals surface area contributed by atoms with Crippen molar-refractivity contribution >= 4 is 17.8 Å². The molecule has 1 saturated carbocycles. The minimum atomic E-state index is -4.56. The van der Waals surface area contributed by atoms with E-state index in [9.17, 15) is 32.7 Å². The highest BCUT2D eigenvalue weighted by molar-refractivity contribution is 6.08. The second-order valence-corrected chi connectivity index (χ2v) is 8.62. The highest BCUT2D eigenvalue weighted by Gasteiger charge is 2.55. The summed E-state index contributed by atoms with van der Waals surface area (Å²) in [6.45, 7) is 0. The van der Waals surface area contributed by atoms with Crippen LogP contribution in [0.4, 0.5) is 13.2 Å². The minimum Gasteiger partial charge on any atom is -0.480 e. The van der Waals surface area contributed by atoms with E-state index in [0.29, 0.717) is 43.4 Å². The molecule has 170 valence electrons. The fourth-order valence-corrected chi connectivity index (χ4v) is 4.93. The van der Waals surface area contributed by atoms with E-state index in [1.807, 2.05) is 30.3 Å². The zero-order valence-electron chi connectivity index (χ0n) is 17.3. The van der Waals surface area contributed by atoms with Gasteiger partial charge in [-0.2, -0.15) is 13.2 Å². The van der Waals surface area contributed by atoms with Gasteiger partial charge in [-0.05, 0) is 43.6 Å². The summed E-state index contributed by atoms with van der Waals surface area (Å²) in [5.74, 6) is -6.40. The van der Waals surface area contributed by atoms with Gasteiger partial charge in [0.15, 0.2) is 0 Å². The summed E-state index contributed by atoms with van der Waals surface area (Å²) >= 11 is 0. The second kappa shape index (κ2) is 9.83. The van der Waals surface area contributed by atoms with Crippen molar-refractivity contribution in [2.45, 2.75) is 70.0 Å². The lowest BCUT2D eigenvalue weighted by molar-refractivity contribution is -0.200. The molecule has 1 aliphatic carbocycles. The monoisotopic (exact) mass is 439 g/mol. The molecule has 3 rings (SSSR count). The third-order valence-corrected chi connectivity index (χ3v) is 6.59. The Labute approximate surface area is 179 Å². The van der Waals surface area contributed by atoms with Crippen molar-refractivity contribution in [3.63, 3.8) is 0 Å². The summed E-state index contributed by atoms with van der Waals surface area (Å²) in [6.07, 6.45) is -0.871. The van der Waals surface area contributed by atoms with E-state index in [1.165, 1.54) is 0 Å². The van der Waals surface area contributed by atoms with Crippen molar-refractivity contribution in [2.75, 3.05) is 0 Å². The predicted octanol–water partition coefficient (Wildman–Crippen LogP) is 4.60. The number of nitrogens with zero attached hydrogens (tertiary/aromatic N) is 1. The molecule has 1 saturated heterocycles. The molecule has 0 bridgehead atoms. The van der Waals surface area contributed by atoms with Crippen molar-refractivity contribution in [3.05, 3.63) is 35.9 Å². The van der Waals surface area contributed by atoms with Crippen LogP contribution in [-0.2, 0) is 20.8 Å². The number of hydrogen-bond acceptors (Lipinski definition) is 3. The number of amides is 2. The molecule has 8 heteroatoms. The smallest absolute Gasteiger partial charge is 0.392 e. The van der Waals surface area contributed by atoms with Gasteiger partial charge in [0, 0.05) is 6.42 Å². The number of halogens is 3. The van der Waals surface area contributed by atoms with Crippen molar-refractivity contribution in [1.29, 1.82) is 0 Å². The average Bonchev–Trinajstić information content (AvgIpc) is 2.73. The van der Waals surface area contributed by atoms with Crippen LogP contribution < -0.4 is 0 Å². The topological polar surface area (TPSA) is 74.7 Å².